The van der Waals surface area contributed by atoms with Gasteiger partial charge in [-0.15, -0.1) is 0 Å². The lowest BCUT2D eigenvalue weighted by molar-refractivity contribution is -0.142. The van der Waals surface area contributed by atoms with E-state index in [9.17, 15) is 24.3 Å². The van der Waals surface area contributed by atoms with E-state index in [4.69, 9.17) is 4.74 Å². The Hall–Kier alpha value is -3.76. The number of hydrogen-bond acceptors (Lipinski definition) is 6. The van der Waals surface area contributed by atoms with Crippen molar-refractivity contribution in [3.63, 3.8) is 0 Å². The van der Waals surface area contributed by atoms with Crippen molar-refractivity contribution in [2.75, 3.05) is 39.4 Å². The predicted molar refractivity (Wildman–Crippen MR) is 160 cm³/mol. The molecule has 4 N–H and O–H groups in total. The highest BCUT2D eigenvalue weighted by Crippen LogP contribution is 2.14. The third kappa shape index (κ3) is 11.6. The van der Waals surface area contributed by atoms with Gasteiger partial charge in [0, 0.05) is 26.1 Å². The van der Waals surface area contributed by atoms with Gasteiger partial charge in [0.15, 0.2) is 0 Å². The number of hydrogen-bond donors (Lipinski definition) is 4. The SMILES string of the molecule is CC(C)CC(CNC(=O)C(CCc1ccccc1)NC(=O)CN1CCOCC1)C(=O)NC(Cc1ccccc1)C(=O)O. The number of carboxylic acid groups (broad SMARTS) is 1. The van der Waals surface area contributed by atoms with Gasteiger partial charge in [0.25, 0.3) is 0 Å². The number of carboxylic acids is 1. The lowest BCUT2D eigenvalue weighted by Gasteiger charge is -2.27. The molecule has 10 heteroatoms. The number of morpholine rings is 1. The van der Waals surface area contributed by atoms with Crippen molar-refractivity contribution < 1.29 is 29.0 Å². The topological polar surface area (TPSA) is 137 Å². The van der Waals surface area contributed by atoms with E-state index in [0.717, 1.165) is 11.1 Å². The Labute approximate surface area is 248 Å². The molecule has 1 heterocycles. The summed E-state index contributed by atoms with van der Waals surface area (Å²) in [5.74, 6) is -2.66. The highest BCUT2D eigenvalue weighted by molar-refractivity contribution is 5.89. The van der Waals surface area contributed by atoms with Gasteiger partial charge >= 0.3 is 5.97 Å². The lowest BCUT2D eigenvalue weighted by atomic mass is 9.95. The molecule has 42 heavy (non-hydrogen) atoms. The molecule has 1 aliphatic heterocycles. The maximum absolute atomic E-state index is 13.4. The number of aryl methyl sites for hydroxylation is 1. The Morgan fingerprint density at radius 2 is 1.48 bits per heavy atom. The second kappa shape index (κ2) is 17.3. The first-order chi connectivity index (χ1) is 20.2. The molecule has 0 saturated carbocycles. The molecule has 1 fully saturated rings. The van der Waals surface area contributed by atoms with Crippen LogP contribution in [0, 0.1) is 11.8 Å². The zero-order valence-electron chi connectivity index (χ0n) is 24.6. The summed E-state index contributed by atoms with van der Waals surface area (Å²) < 4.78 is 5.35. The summed E-state index contributed by atoms with van der Waals surface area (Å²) in [7, 11) is 0. The first-order valence-corrected chi connectivity index (χ1v) is 14.7. The molecular weight excluding hydrogens is 536 g/mol. The largest absolute Gasteiger partial charge is 0.480 e. The summed E-state index contributed by atoms with van der Waals surface area (Å²) in [4.78, 5) is 53.5. The van der Waals surface area contributed by atoms with Gasteiger partial charge in [-0.1, -0.05) is 74.5 Å². The van der Waals surface area contributed by atoms with Gasteiger partial charge in [-0.05, 0) is 36.3 Å². The molecule has 0 radical (unpaired) electrons. The van der Waals surface area contributed by atoms with E-state index in [1.165, 1.54) is 0 Å². The van der Waals surface area contributed by atoms with E-state index >= 15 is 0 Å². The molecule has 3 amide bonds. The zero-order chi connectivity index (χ0) is 30.3. The molecule has 0 aromatic heterocycles. The second-order valence-electron chi connectivity index (χ2n) is 11.2. The summed E-state index contributed by atoms with van der Waals surface area (Å²) in [6.07, 6.45) is 1.59. The molecule has 3 unspecified atom stereocenters. The fourth-order valence-corrected chi connectivity index (χ4v) is 4.97. The van der Waals surface area contributed by atoms with E-state index in [1.807, 2.05) is 79.4 Å². The molecule has 2 aromatic carbocycles. The number of nitrogens with one attached hydrogen (secondary N) is 3. The summed E-state index contributed by atoms with van der Waals surface area (Å²) in [5.41, 5.74) is 1.85. The third-order valence-corrected chi connectivity index (χ3v) is 7.23. The minimum atomic E-state index is -1.12. The molecule has 0 spiro atoms. The van der Waals surface area contributed by atoms with Crippen LogP contribution in [0.15, 0.2) is 60.7 Å². The van der Waals surface area contributed by atoms with Crippen LogP contribution in [-0.2, 0) is 36.8 Å². The number of ether oxygens (including phenoxy) is 1. The smallest absolute Gasteiger partial charge is 0.326 e. The average molecular weight is 581 g/mol. The number of aliphatic carboxylic acids is 1. The van der Waals surface area contributed by atoms with E-state index in [0.29, 0.717) is 45.6 Å². The molecule has 3 rings (SSSR count). The van der Waals surface area contributed by atoms with Crippen LogP contribution >= 0.6 is 0 Å². The van der Waals surface area contributed by atoms with Crippen molar-refractivity contribution in [3.05, 3.63) is 71.8 Å². The van der Waals surface area contributed by atoms with Gasteiger partial charge < -0.3 is 25.8 Å². The molecule has 1 saturated heterocycles. The standard InChI is InChI=1S/C32H44N4O6/c1-23(2)19-26(30(38)35-28(32(40)41)20-25-11-7-4-8-12-25)21-33-31(39)27(14-13-24-9-5-3-6-10-24)34-29(37)22-36-15-17-42-18-16-36/h3-12,23,26-28H,13-22H2,1-2H3,(H,33,39)(H,34,37)(H,35,38)(H,40,41). The van der Waals surface area contributed by atoms with Crippen LogP contribution in [0.3, 0.4) is 0 Å². The molecular formula is C32H44N4O6. The van der Waals surface area contributed by atoms with Crippen LogP contribution in [0.1, 0.15) is 37.8 Å². The number of carbonyl (C=O) groups is 4. The number of benzene rings is 2. The number of amides is 3. The summed E-state index contributed by atoms with van der Waals surface area (Å²) in [6, 6.07) is 17.0. The molecule has 228 valence electrons. The van der Waals surface area contributed by atoms with Crippen molar-refractivity contribution in [1.82, 2.24) is 20.9 Å². The third-order valence-electron chi connectivity index (χ3n) is 7.23. The summed E-state index contributed by atoms with van der Waals surface area (Å²) in [6.45, 7) is 6.59. The van der Waals surface area contributed by atoms with Gasteiger partial charge in [0.1, 0.15) is 12.1 Å². The van der Waals surface area contributed by atoms with Crippen molar-refractivity contribution in [1.29, 1.82) is 0 Å². The van der Waals surface area contributed by atoms with Crippen LogP contribution in [0.4, 0.5) is 0 Å². The Kier molecular flexibility index (Phi) is 13.5. The monoisotopic (exact) mass is 580 g/mol. The van der Waals surface area contributed by atoms with Crippen LogP contribution in [0.2, 0.25) is 0 Å². The normalized spacial score (nSPS) is 15.8. The lowest BCUT2D eigenvalue weighted by Crippen LogP contribution is -2.52. The Balaban J connectivity index is 1.64. The number of rotatable bonds is 16. The molecule has 1 aliphatic rings. The Morgan fingerprint density at radius 3 is 2.07 bits per heavy atom. The fraction of sp³-hybridized carbons (Fsp3) is 0.500. The van der Waals surface area contributed by atoms with E-state index in [1.54, 1.807) is 0 Å². The van der Waals surface area contributed by atoms with E-state index in [2.05, 4.69) is 16.0 Å². The van der Waals surface area contributed by atoms with Gasteiger partial charge in [-0.25, -0.2) is 4.79 Å². The minimum Gasteiger partial charge on any atom is -0.480 e. The number of carbonyl (C=O) groups excluding carboxylic acids is 3. The highest BCUT2D eigenvalue weighted by Gasteiger charge is 2.28. The molecule has 3 atom stereocenters. The fourth-order valence-electron chi connectivity index (χ4n) is 4.97. The van der Waals surface area contributed by atoms with E-state index in [-0.39, 0.29) is 37.2 Å². The first kappa shape index (κ1) is 32.8. The summed E-state index contributed by atoms with van der Waals surface area (Å²) >= 11 is 0. The van der Waals surface area contributed by atoms with Gasteiger partial charge in [0.2, 0.25) is 17.7 Å². The summed E-state index contributed by atoms with van der Waals surface area (Å²) in [5, 5.41) is 18.2. The maximum Gasteiger partial charge on any atom is 0.326 e. The van der Waals surface area contributed by atoms with Crippen LogP contribution in [-0.4, -0.2) is 85.2 Å². The molecule has 0 bridgehead atoms. The van der Waals surface area contributed by atoms with Gasteiger partial charge in [0.05, 0.1) is 25.7 Å². The van der Waals surface area contributed by atoms with Crippen molar-refractivity contribution in [3.8, 4) is 0 Å². The average Bonchev–Trinajstić information content (AvgIpc) is 2.98. The Bertz CT molecular complexity index is 1140. The highest BCUT2D eigenvalue weighted by atomic mass is 16.5. The first-order valence-electron chi connectivity index (χ1n) is 14.7. The molecule has 0 aliphatic carbocycles. The zero-order valence-corrected chi connectivity index (χ0v) is 24.6. The van der Waals surface area contributed by atoms with Gasteiger partial charge in [-0.2, -0.15) is 0 Å². The van der Waals surface area contributed by atoms with Crippen molar-refractivity contribution in [2.45, 2.75) is 51.6 Å². The quantitative estimate of drug-likeness (QED) is 0.239. The minimum absolute atomic E-state index is 0.0295. The van der Waals surface area contributed by atoms with Crippen molar-refractivity contribution in [2.24, 2.45) is 11.8 Å². The van der Waals surface area contributed by atoms with Crippen molar-refractivity contribution >= 4 is 23.7 Å². The van der Waals surface area contributed by atoms with Crippen LogP contribution in [0.5, 0.6) is 0 Å². The van der Waals surface area contributed by atoms with Crippen LogP contribution in [0.25, 0.3) is 0 Å². The van der Waals surface area contributed by atoms with Crippen LogP contribution < -0.4 is 16.0 Å². The maximum atomic E-state index is 13.4. The molecule has 10 nitrogen and oxygen atoms in total. The van der Waals surface area contributed by atoms with E-state index < -0.39 is 29.9 Å². The Morgan fingerprint density at radius 1 is 0.857 bits per heavy atom. The molecule has 2 aromatic rings. The van der Waals surface area contributed by atoms with Gasteiger partial charge in [-0.3, -0.25) is 19.3 Å². The predicted octanol–water partition coefficient (Wildman–Crippen LogP) is 2.03. The number of nitrogens with zero attached hydrogens (tertiary/aromatic N) is 1. The second-order valence-corrected chi connectivity index (χ2v) is 11.2.